The van der Waals surface area contributed by atoms with Crippen molar-refractivity contribution in [2.24, 2.45) is 5.92 Å². The summed E-state index contributed by atoms with van der Waals surface area (Å²) in [6, 6.07) is 17.5. The number of fused-ring (bicyclic) bond motifs is 2. The highest BCUT2D eigenvalue weighted by molar-refractivity contribution is 6.02. The van der Waals surface area contributed by atoms with Gasteiger partial charge >= 0.3 is 12.1 Å². The van der Waals surface area contributed by atoms with Crippen LogP contribution < -0.4 is 20.7 Å². The molecule has 0 fully saturated rings. The molecule has 242 valence electrons. The number of aryl methyl sites for hydroxylation is 2. The maximum atomic E-state index is 13.6. The second-order valence-corrected chi connectivity index (χ2v) is 11.8. The van der Waals surface area contributed by atoms with Crippen molar-refractivity contribution in [1.29, 1.82) is 0 Å². The Morgan fingerprint density at radius 1 is 1.09 bits per heavy atom. The van der Waals surface area contributed by atoms with E-state index < -0.39 is 18.2 Å². The van der Waals surface area contributed by atoms with Gasteiger partial charge in [-0.05, 0) is 50.4 Å². The van der Waals surface area contributed by atoms with Crippen molar-refractivity contribution in [3.63, 3.8) is 0 Å². The second kappa shape index (κ2) is 13.9. The highest BCUT2D eigenvalue weighted by atomic mass is 16.5. The summed E-state index contributed by atoms with van der Waals surface area (Å²) in [5, 5.41) is 24.3. The number of carbonyl (C=O) groups excluding carboxylic acids is 3. The molecule has 4 N–H and O–H groups in total. The molecule has 3 atom stereocenters. The van der Waals surface area contributed by atoms with Gasteiger partial charge in [0.15, 0.2) is 5.76 Å². The number of carbonyl (C=O) groups is 3. The zero-order valence-electron chi connectivity index (χ0n) is 26.7. The fraction of sp³-hybridized carbons (Fsp3) is 0.353. The zero-order valence-corrected chi connectivity index (χ0v) is 26.7. The molecule has 5 rings (SSSR count). The Hall–Kier alpha value is -5.10. The molecule has 0 aliphatic carbocycles. The SMILES string of the molecule is Cc1noc(C)c1NC(=O)Nc1ccc2c(c1)CC(=O)N([C@H](C)CO)C[C@H](C)[C@H](CN(C)C(=O)Nc1cccc3ccccc13)O2. The first kappa shape index (κ1) is 32.3. The van der Waals surface area contributed by atoms with Gasteiger partial charge in [0.25, 0.3) is 0 Å². The van der Waals surface area contributed by atoms with E-state index in [4.69, 9.17) is 9.26 Å². The fourth-order valence-electron chi connectivity index (χ4n) is 5.56. The Bertz CT molecular complexity index is 1710. The summed E-state index contributed by atoms with van der Waals surface area (Å²) in [6.07, 6.45) is -0.500. The summed E-state index contributed by atoms with van der Waals surface area (Å²) in [7, 11) is 1.70. The normalized spacial score (nSPS) is 17.2. The van der Waals surface area contributed by atoms with Crippen LogP contribution in [0.4, 0.5) is 26.7 Å². The number of likely N-dealkylation sites (N-methyl/N-ethyl adjacent to an activating group) is 1. The summed E-state index contributed by atoms with van der Waals surface area (Å²) < 4.78 is 11.7. The van der Waals surface area contributed by atoms with E-state index in [0.717, 1.165) is 10.8 Å². The lowest BCUT2D eigenvalue weighted by atomic mass is 10.0. The minimum atomic E-state index is -0.497. The Morgan fingerprint density at radius 2 is 1.85 bits per heavy atom. The monoisotopic (exact) mass is 628 g/mol. The number of aromatic nitrogens is 1. The molecule has 3 aromatic carbocycles. The van der Waals surface area contributed by atoms with Gasteiger partial charge in [-0.25, -0.2) is 9.59 Å². The predicted molar refractivity (Wildman–Crippen MR) is 176 cm³/mol. The number of ether oxygens (including phenoxy) is 1. The van der Waals surface area contributed by atoms with Gasteiger partial charge in [0, 0.05) is 36.1 Å². The van der Waals surface area contributed by atoms with E-state index in [2.05, 4.69) is 21.1 Å². The number of hydrogen-bond acceptors (Lipinski definition) is 7. The Kier molecular flexibility index (Phi) is 9.76. The highest BCUT2D eigenvalue weighted by Crippen LogP contribution is 2.30. The Morgan fingerprint density at radius 3 is 2.59 bits per heavy atom. The number of hydrogen-bond donors (Lipinski definition) is 4. The standard InChI is InChI=1S/C34H40N6O6/c1-20-17-40(21(2)19-41)31(42)16-25-15-26(35-33(43)37-32-22(3)38-46-23(32)4)13-14-29(25)45-30(20)18-39(5)34(44)36-28-12-8-10-24-9-6-7-11-27(24)28/h6-15,20-21,30,41H,16-19H2,1-5H3,(H,36,44)(H2,35,37,43)/t20-,21+,30-/m0/s1. The first-order valence-corrected chi connectivity index (χ1v) is 15.2. The molecular formula is C34H40N6O6. The first-order valence-electron chi connectivity index (χ1n) is 15.2. The van der Waals surface area contributed by atoms with E-state index in [1.165, 1.54) is 0 Å². The third-order valence-corrected chi connectivity index (χ3v) is 8.28. The van der Waals surface area contributed by atoms with Crippen LogP contribution >= 0.6 is 0 Å². The number of aliphatic hydroxyl groups is 1. The number of anilines is 3. The minimum Gasteiger partial charge on any atom is -0.488 e. The second-order valence-electron chi connectivity index (χ2n) is 11.8. The number of nitrogens with zero attached hydrogens (tertiary/aromatic N) is 3. The van der Waals surface area contributed by atoms with Gasteiger partial charge in [-0.15, -0.1) is 0 Å². The average molecular weight is 629 g/mol. The van der Waals surface area contributed by atoms with E-state index in [1.807, 2.05) is 49.4 Å². The quantitative estimate of drug-likeness (QED) is 0.214. The van der Waals surface area contributed by atoms with Crippen LogP contribution in [0, 0.1) is 19.8 Å². The van der Waals surface area contributed by atoms with Crippen molar-refractivity contribution in [3.8, 4) is 5.75 Å². The van der Waals surface area contributed by atoms with Gasteiger partial charge < -0.3 is 40.1 Å². The fourth-order valence-corrected chi connectivity index (χ4v) is 5.56. The molecule has 1 aliphatic heterocycles. The molecule has 1 aromatic heterocycles. The number of benzene rings is 3. The van der Waals surface area contributed by atoms with E-state index >= 15 is 0 Å². The van der Waals surface area contributed by atoms with Crippen molar-refractivity contribution < 1.29 is 28.8 Å². The molecule has 0 radical (unpaired) electrons. The summed E-state index contributed by atoms with van der Waals surface area (Å²) in [5.74, 6) is 0.576. The van der Waals surface area contributed by atoms with Crippen molar-refractivity contribution in [2.45, 2.75) is 46.3 Å². The summed E-state index contributed by atoms with van der Waals surface area (Å²) in [6.45, 7) is 7.54. The summed E-state index contributed by atoms with van der Waals surface area (Å²) >= 11 is 0. The third-order valence-electron chi connectivity index (χ3n) is 8.28. The van der Waals surface area contributed by atoms with Crippen LogP contribution in [0.25, 0.3) is 10.8 Å². The van der Waals surface area contributed by atoms with Crippen LogP contribution in [0.1, 0.15) is 30.9 Å². The van der Waals surface area contributed by atoms with Gasteiger partial charge in [-0.3, -0.25) is 4.79 Å². The molecule has 0 spiro atoms. The Balaban J connectivity index is 1.37. The summed E-state index contributed by atoms with van der Waals surface area (Å²) in [4.78, 5) is 43.0. The Labute approximate surface area is 267 Å². The first-order chi connectivity index (χ1) is 22.0. The third kappa shape index (κ3) is 7.23. The molecule has 0 saturated carbocycles. The topological polar surface area (TPSA) is 149 Å². The smallest absolute Gasteiger partial charge is 0.323 e. The van der Waals surface area contributed by atoms with Crippen LogP contribution in [0.3, 0.4) is 0 Å². The number of nitrogens with one attached hydrogen (secondary N) is 3. The van der Waals surface area contributed by atoms with Gasteiger partial charge in [0.2, 0.25) is 5.91 Å². The minimum absolute atomic E-state index is 0.00245. The largest absolute Gasteiger partial charge is 0.488 e. The molecule has 0 unspecified atom stereocenters. The van der Waals surface area contributed by atoms with Crippen LogP contribution in [-0.4, -0.2) is 76.9 Å². The van der Waals surface area contributed by atoms with Crippen molar-refractivity contribution in [2.75, 3.05) is 42.7 Å². The van der Waals surface area contributed by atoms with E-state index in [9.17, 15) is 19.5 Å². The van der Waals surface area contributed by atoms with Crippen LogP contribution in [0.15, 0.2) is 65.2 Å². The average Bonchev–Trinajstić information content (AvgIpc) is 3.37. The predicted octanol–water partition coefficient (Wildman–Crippen LogP) is 5.40. The molecular weight excluding hydrogens is 588 g/mol. The van der Waals surface area contributed by atoms with Gasteiger partial charge in [-0.2, -0.15) is 0 Å². The van der Waals surface area contributed by atoms with Crippen molar-refractivity contribution >= 4 is 45.8 Å². The number of urea groups is 2. The highest BCUT2D eigenvalue weighted by Gasteiger charge is 2.32. The number of amides is 5. The summed E-state index contributed by atoms with van der Waals surface area (Å²) in [5.41, 5.74) is 2.76. The molecule has 2 heterocycles. The van der Waals surface area contributed by atoms with Gasteiger partial charge in [-0.1, -0.05) is 48.5 Å². The number of aliphatic hydroxyl groups excluding tert-OH is 1. The lowest BCUT2D eigenvalue weighted by Gasteiger charge is -2.34. The zero-order chi connectivity index (χ0) is 33.0. The van der Waals surface area contributed by atoms with Crippen LogP contribution in [0.2, 0.25) is 0 Å². The molecule has 12 heteroatoms. The van der Waals surface area contributed by atoms with E-state index in [0.29, 0.717) is 46.4 Å². The molecule has 0 saturated heterocycles. The molecule has 5 amide bonds. The van der Waals surface area contributed by atoms with Crippen LogP contribution in [-0.2, 0) is 11.2 Å². The maximum Gasteiger partial charge on any atom is 0.323 e. The maximum absolute atomic E-state index is 13.6. The molecule has 0 bridgehead atoms. The van der Waals surface area contributed by atoms with Gasteiger partial charge in [0.1, 0.15) is 23.2 Å². The lowest BCUT2D eigenvalue weighted by molar-refractivity contribution is -0.134. The van der Waals surface area contributed by atoms with Gasteiger partial charge in [0.05, 0.1) is 31.3 Å². The molecule has 4 aromatic rings. The lowest BCUT2D eigenvalue weighted by Crippen LogP contribution is -2.48. The molecule has 1 aliphatic rings. The molecule has 46 heavy (non-hydrogen) atoms. The van der Waals surface area contributed by atoms with Crippen LogP contribution in [0.5, 0.6) is 5.75 Å². The van der Waals surface area contributed by atoms with Crippen molar-refractivity contribution in [1.82, 2.24) is 15.0 Å². The van der Waals surface area contributed by atoms with Crippen molar-refractivity contribution in [3.05, 3.63) is 77.7 Å². The number of rotatable bonds is 7. The van der Waals surface area contributed by atoms with E-state index in [-0.39, 0.29) is 37.4 Å². The molecule has 12 nitrogen and oxygen atoms in total. The van der Waals surface area contributed by atoms with E-state index in [1.54, 1.807) is 55.8 Å².